The minimum absolute atomic E-state index is 0.231. The van der Waals surface area contributed by atoms with Crippen LogP contribution in [0.4, 0.5) is 0 Å². The van der Waals surface area contributed by atoms with Gasteiger partial charge < -0.3 is 5.32 Å². The molecule has 94 valence electrons. The number of benzene rings is 1. The number of hydrogen-bond acceptors (Lipinski definition) is 3. The molecule has 0 bridgehead atoms. The standard InChI is InChI=1S/C15H18N2O/c18-11-17-15(6-7-15)14-3-1-2-13(10-14)12-4-8-16-9-5-12/h1-3,10,12,16H,4-9H2. The van der Waals surface area contributed by atoms with Crippen molar-refractivity contribution in [2.45, 2.75) is 37.1 Å². The molecule has 3 heteroatoms. The maximum Gasteiger partial charge on any atom is 0.235 e. The van der Waals surface area contributed by atoms with Gasteiger partial charge in [-0.15, -0.1) is 0 Å². The molecule has 0 amide bonds. The Balaban J connectivity index is 1.87. The topological polar surface area (TPSA) is 41.5 Å². The molecule has 2 aliphatic rings. The molecular weight excluding hydrogens is 224 g/mol. The Morgan fingerprint density at radius 2 is 2.06 bits per heavy atom. The summed E-state index contributed by atoms with van der Waals surface area (Å²) in [6.07, 6.45) is 6.10. The van der Waals surface area contributed by atoms with Crippen LogP contribution in [0.1, 0.15) is 42.7 Å². The van der Waals surface area contributed by atoms with E-state index < -0.39 is 0 Å². The normalized spacial score (nSPS) is 22.2. The van der Waals surface area contributed by atoms with Crippen molar-refractivity contribution in [1.29, 1.82) is 0 Å². The molecular formula is C15H18N2O. The maximum absolute atomic E-state index is 10.5. The molecule has 0 spiro atoms. The predicted octanol–water partition coefficient (Wildman–Crippen LogP) is 2.48. The van der Waals surface area contributed by atoms with Gasteiger partial charge in [-0.3, -0.25) is 0 Å². The van der Waals surface area contributed by atoms with E-state index in [2.05, 4.69) is 34.6 Å². The number of rotatable bonds is 3. The summed E-state index contributed by atoms with van der Waals surface area (Å²) in [6.45, 7) is 2.21. The van der Waals surface area contributed by atoms with Gasteiger partial charge in [0.25, 0.3) is 0 Å². The van der Waals surface area contributed by atoms with Crippen LogP contribution in [0.2, 0.25) is 0 Å². The Hall–Kier alpha value is -1.44. The minimum Gasteiger partial charge on any atom is -0.317 e. The Morgan fingerprint density at radius 1 is 1.28 bits per heavy atom. The first-order valence-corrected chi connectivity index (χ1v) is 6.74. The van der Waals surface area contributed by atoms with Crippen LogP contribution in [0.3, 0.4) is 0 Å². The lowest BCUT2D eigenvalue weighted by Crippen LogP contribution is -2.26. The van der Waals surface area contributed by atoms with Crippen molar-refractivity contribution in [3.05, 3.63) is 35.4 Å². The Kier molecular flexibility index (Phi) is 3.02. The molecule has 1 saturated heterocycles. The molecule has 1 aliphatic carbocycles. The summed E-state index contributed by atoms with van der Waals surface area (Å²) in [4.78, 5) is 14.5. The average molecular weight is 242 g/mol. The monoisotopic (exact) mass is 242 g/mol. The molecule has 1 heterocycles. The molecule has 1 saturated carbocycles. The SMILES string of the molecule is O=C=NC1(c2cccc(C3CCNCC3)c2)CC1. The van der Waals surface area contributed by atoms with Crippen LogP contribution in [0.25, 0.3) is 0 Å². The molecule has 18 heavy (non-hydrogen) atoms. The molecule has 1 aromatic rings. The van der Waals surface area contributed by atoms with Gasteiger partial charge in [0.05, 0.1) is 5.54 Å². The Labute approximate surface area is 107 Å². The van der Waals surface area contributed by atoms with E-state index in [1.165, 1.54) is 24.0 Å². The van der Waals surface area contributed by atoms with Crippen molar-refractivity contribution >= 4 is 6.08 Å². The molecule has 0 atom stereocenters. The van der Waals surface area contributed by atoms with E-state index in [9.17, 15) is 4.79 Å². The summed E-state index contributed by atoms with van der Waals surface area (Å²) in [7, 11) is 0. The Morgan fingerprint density at radius 3 is 2.72 bits per heavy atom. The largest absolute Gasteiger partial charge is 0.317 e. The van der Waals surface area contributed by atoms with Crippen molar-refractivity contribution in [2.24, 2.45) is 4.99 Å². The maximum atomic E-state index is 10.5. The molecule has 0 unspecified atom stereocenters. The van der Waals surface area contributed by atoms with Gasteiger partial charge in [0.2, 0.25) is 6.08 Å². The third-order valence-electron chi connectivity index (χ3n) is 4.22. The lowest BCUT2D eigenvalue weighted by molar-refractivity contribution is 0.460. The van der Waals surface area contributed by atoms with Gasteiger partial charge in [0, 0.05) is 0 Å². The summed E-state index contributed by atoms with van der Waals surface area (Å²) in [6, 6.07) is 8.66. The number of piperidine rings is 1. The molecule has 1 aliphatic heterocycles. The highest BCUT2D eigenvalue weighted by atomic mass is 16.1. The van der Waals surface area contributed by atoms with E-state index in [1.807, 2.05) is 0 Å². The second kappa shape index (κ2) is 4.68. The van der Waals surface area contributed by atoms with E-state index in [0.717, 1.165) is 25.9 Å². The lowest BCUT2D eigenvalue weighted by atomic mass is 9.88. The Bertz CT molecular complexity index is 481. The van der Waals surface area contributed by atoms with Gasteiger partial charge in [-0.2, -0.15) is 4.99 Å². The number of isocyanates is 1. The highest BCUT2D eigenvalue weighted by Crippen LogP contribution is 2.49. The molecule has 1 N–H and O–H groups in total. The van der Waals surface area contributed by atoms with Crippen LogP contribution in [0, 0.1) is 0 Å². The average Bonchev–Trinajstić information content (AvgIpc) is 3.21. The summed E-state index contributed by atoms with van der Waals surface area (Å²) >= 11 is 0. The van der Waals surface area contributed by atoms with Gasteiger partial charge in [-0.1, -0.05) is 24.3 Å². The number of hydrogen-bond donors (Lipinski definition) is 1. The first-order chi connectivity index (χ1) is 8.84. The lowest BCUT2D eigenvalue weighted by Gasteiger charge is -2.23. The van der Waals surface area contributed by atoms with Crippen LogP contribution in [0.5, 0.6) is 0 Å². The third kappa shape index (κ3) is 2.12. The van der Waals surface area contributed by atoms with Gasteiger partial charge in [0.15, 0.2) is 0 Å². The highest BCUT2D eigenvalue weighted by Gasteiger charge is 2.44. The van der Waals surface area contributed by atoms with Crippen LogP contribution in [-0.2, 0) is 10.3 Å². The van der Waals surface area contributed by atoms with Crippen molar-refractivity contribution < 1.29 is 4.79 Å². The van der Waals surface area contributed by atoms with Crippen LogP contribution in [0.15, 0.2) is 29.3 Å². The number of nitrogens with zero attached hydrogens (tertiary/aromatic N) is 1. The van der Waals surface area contributed by atoms with E-state index in [4.69, 9.17) is 0 Å². The number of aliphatic imine (C=N–C) groups is 1. The van der Waals surface area contributed by atoms with Crippen molar-refractivity contribution in [3.8, 4) is 0 Å². The first-order valence-electron chi connectivity index (χ1n) is 6.74. The number of nitrogens with one attached hydrogen (secondary N) is 1. The molecule has 0 radical (unpaired) electrons. The fourth-order valence-electron chi connectivity index (χ4n) is 2.91. The van der Waals surface area contributed by atoms with E-state index >= 15 is 0 Å². The van der Waals surface area contributed by atoms with Gasteiger partial charge in [-0.25, -0.2) is 4.79 Å². The second-order valence-corrected chi connectivity index (χ2v) is 5.38. The summed E-state index contributed by atoms with van der Waals surface area (Å²) in [5.41, 5.74) is 2.37. The predicted molar refractivity (Wildman–Crippen MR) is 70.3 cm³/mol. The number of carbonyl (C=O) groups excluding carboxylic acids is 1. The zero-order valence-electron chi connectivity index (χ0n) is 10.5. The highest BCUT2D eigenvalue weighted by molar-refractivity contribution is 5.42. The van der Waals surface area contributed by atoms with E-state index in [0.29, 0.717) is 5.92 Å². The van der Waals surface area contributed by atoms with E-state index in [-0.39, 0.29) is 5.54 Å². The van der Waals surface area contributed by atoms with Crippen LogP contribution < -0.4 is 5.32 Å². The van der Waals surface area contributed by atoms with Crippen molar-refractivity contribution in [1.82, 2.24) is 5.32 Å². The van der Waals surface area contributed by atoms with Crippen LogP contribution in [-0.4, -0.2) is 19.2 Å². The summed E-state index contributed by atoms with van der Waals surface area (Å²) < 4.78 is 0. The van der Waals surface area contributed by atoms with Gasteiger partial charge in [-0.05, 0) is 55.8 Å². The van der Waals surface area contributed by atoms with Crippen molar-refractivity contribution in [2.75, 3.05) is 13.1 Å². The first kappa shape index (κ1) is 11.6. The third-order valence-corrected chi connectivity index (χ3v) is 4.22. The molecule has 3 rings (SSSR count). The molecule has 2 fully saturated rings. The summed E-state index contributed by atoms with van der Waals surface area (Å²) in [5, 5.41) is 3.39. The molecule has 0 aromatic heterocycles. The minimum atomic E-state index is -0.231. The van der Waals surface area contributed by atoms with E-state index in [1.54, 1.807) is 6.08 Å². The fourth-order valence-corrected chi connectivity index (χ4v) is 2.91. The molecule has 3 nitrogen and oxygen atoms in total. The van der Waals surface area contributed by atoms with Gasteiger partial charge in [0.1, 0.15) is 0 Å². The van der Waals surface area contributed by atoms with Gasteiger partial charge >= 0.3 is 0 Å². The fraction of sp³-hybridized carbons (Fsp3) is 0.533. The zero-order valence-corrected chi connectivity index (χ0v) is 10.5. The molecule has 1 aromatic carbocycles. The smallest absolute Gasteiger partial charge is 0.235 e. The quantitative estimate of drug-likeness (QED) is 0.653. The van der Waals surface area contributed by atoms with Crippen molar-refractivity contribution in [3.63, 3.8) is 0 Å². The summed E-state index contributed by atoms with van der Waals surface area (Å²) in [5.74, 6) is 0.655. The zero-order chi connectivity index (χ0) is 12.4. The second-order valence-electron chi connectivity index (χ2n) is 5.38. The van der Waals surface area contributed by atoms with Crippen LogP contribution >= 0.6 is 0 Å².